The number of fused-ring (bicyclic) bond motifs is 1. The van der Waals surface area contributed by atoms with Crippen LogP contribution in [-0.4, -0.2) is 24.5 Å². The molecule has 0 aliphatic heterocycles. The van der Waals surface area contributed by atoms with E-state index >= 15 is 0 Å². The summed E-state index contributed by atoms with van der Waals surface area (Å²) in [7, 11) is 0. The molecule has 1 aromatic carbocycles. The van der Waals surface area contributed by atoms with Gasteiger partial charge in [-0.15, -0.1) is 0 Å². The van der Waals surface area contributed by atoms with Crippen LogP contribution in [0.25, 0.3) is 11.2 Å². The Labute approximate surface area is 157 Å². The highest BCUT2D eigenvalue weighted by atomic mass is 15.2. The molecule has 0 amide bonds. The normalized spacial score (nSPS) is 11.1. The van der Waals surface area contributed by atoms with Crippen molar-refractivity contribution in [3.63, 3.8) is 0 Å². The van der Waals surface area contributed by atoms with Crippen molar-refractivity contribution in [3.8, 4) is 0 Å². The minimum Gasteiger partial charge on any atom is -0.364 e. The zero-order chi connectivity index (χ0) is 18.6. The first kappa shape index (κ1) is 17.0. The Balaban J connectivity index is 1.71. The molecule has 27 heavy (non-hydrogen) atoms. The number of aromatic nitrogens is 5. The summed E-state index contributed by atoms with van der Waals surface area (Å²) in [4.78, 5) is 18.0. The molecule has 7 heteroatoms. The van der Waals surface area contributed by atoms with Gasteiger partial charge < -0.3 is 15.2 Å². The minimum absolute atomic E-state index is 0.248. The average molecular weight is 359 g/mol. The Hall–Kier alpha value is -3.48. The number of hydrogen-bond donors (Lipinski definition) is 2. The maximum atomic E-state index is 4.68. The second-order valence-electron chi connectivity index (χ2n) is 6.52. The molecule has 0 saturated heterocycles. The molecule has 0 bridgehead atoms. The summed E-state index contributed by atoms with van der Waals surface area (Å²) in [5, 5.41) is 6.62. The fraction of sp³-hybridized carbons (Fsp3) is 0.200. The summed E-state index contributed by atoms with van der Waals surface area (Å²) < 4.78 is 2.04. The van der Waals surface area contributed by atoms with Crippen molar-refractivity contribution in [2.75, 3.05) is 10.6 Å². The zero-order valence-electron chi connectivity index (χ0n) is 15.3. The minimum atomic E-state index is 0.248. The van der Waals surface area contributed by atoms with E-state index in [1.54, 1.807) is 12.4 Å². The summed E-state index contributed by atoms with van der Waals surface area (Å²) in [6, 6.07) is 14.3. The fourth-order valence-electron chi connectivity index (χ4n) is 2.82. The third-order valence-electron chi connectivity index (χ3n) is 4.20. The number of benzene rings is 1. The number of hydrogen-bond acceptors (Lipinski definition) is 6. The van der Waals surface area contributed by atoms with Crippen LogP contribution in [0.1, 0.15) is 25.5 Å². The Kier molecular flexibility index (Phi) is 4.65. The van der Waals surface area contributed by atoms with Crippen molar-refractivity contribution in [3.05, 3.63) is 66.7 Å². The van der Waals surface area contributed by atoms with Gasteiger partial charge in [0.2, 0.25) is 5.95 Å². The molecule has 0 radical (unpaired) electrons. The maximum absolute atomic E-state index is 4.68. The molecule has 0 aliphatic rings. The third kappa shape index (κ3) is 3.72. The van der Waals surface area contributed by atoms with Crippen LogP contribution in [0.15, 0.2) is 61.2 Å². The van der Waals surface area contributed by atoms with E-state index in [-0.39, 0.29) is 6.04 Å². The van der Waals surface area contributed by atoms with Gasteiger partial charge in [0, 0.05) is 18.8 Å². The van der Waals surface area contributed by atoms with Gasteiger partial charge in [-0.1, -0.05) is 30.3 Å². The van der Waals surface area contributed by atoms with Gasteiger partial charge in [-0.25, -0.2) is 4.98 Å². The molecule has 0 fully saturated rings. The smallest absolute Gasteiger partial charge is 0.231 e. The summed E-state index contributed by atoms with van der Waals surface area (Å²) in [5.41, 5.74) is 3.56. The molecule has 3 aromatic heterocycles. The highest BCUT2D eigenvalue weighted by Gasteiger charge is 2.15. The van der Waals surface area contributed by atoms with Gasteiger partial charge in [0.05, 0.1) is 18.2 Å². The van der Waals surface area contributed by atoms with Crippen molar-refractivity contribution < 1.29 is 0 Å². The van der Waals surface area contributed by atoms with Crippen LogP contribution >= 0.6 is 0 Å². The quantitative estimate of drug-likeness (QED) is 0.538. The van der Waals surface area contributed by atoms with E-state index in [0.29, 0.717) is 18.3 Å². The number of nitrogens with one attached hydrogen (secondary N) is 2. The first-order valence-corrected chi connectivity index (χ1v) is 8.90. The second kappa shape index (κ2) is 7.41. The molecule has 4 aromatic rings. The first-order valence-electron chi connectivity index (χ1n) is 8.90. The Morgan fingerprint density at radius 1 is 1.04 bits per heavy atom. The summed E-state index contributed by atoms with van der Waals surface area (Å²) in [6.45, 7) is 4.87. The van der Waals surface area contributed by atoms with Crippen LogP contribution in [0.3, 0.4) is 0 Å². The van der Waals surface area contributed by atoms with Crippen molar-refractivity contribution >= 4 is 28.6 Å². The molecule has 2 N–H and O–H groups in total. The van der Waals surface area contributed by atoms with Gasteiger partial charge in [-0.05, 0) is 31.5 Å². The first-order chi connectivity index (χ1) is 13.2. The number of anilines is 3. The zero-order valence-corrected chi connectivity index (χ0v) is 15.3. The molecule has 0 atom stereocenters. The lowest BCUT2D eigenvalue weighted by Crippen LogP contribution is -2.07. The van der Waals surface area contributed by atoms with E-state index in [9.17, 15) is 0 Å². The fourth-order valence-corrected chi connectivity index (χ4v) is 2.82. The highest BCUT2D eigenvalue weighted by molar-refractivity contribution is 5.84. The largest absolute Gasteiger partial charge is 0.364 e. The molecule has 0 spiro atoms. The SMILES string of the molecule is CC(C)n1cnc2c(NCc3ccccc3)nc(Nc3cccnc3)nc21. The Morgan fingerprint density at radius 3 is 2.63 bits per heavy atom. The van der Waals surface area contributed by atoms with Gasteiger partial charge >= 0.3 is 0 Å². The molecular formula is C20H21N7. The molecule has 136 valence electrons. The Bertz CT molecular complexity index is 1030. The molecule has 0 saturated carbocycles. The lowest BCUT2D eigenvalue weighted by molar-refractivity contribution is 0.613. The van der Waals surface area contributed by atoms with Gasteiger partial charge in [-0.3, -0.25) is 4.98 Å². The molecule has 7 nitrogen and oxygen atoms in total. The number of pyridine rings is 1. The molecule has 4 rings (SSSR count). The van der Waals surface area contributed by atoms with Crippen molar-refractivity contribution in [1.82, 2.24) is 24.5 Å². The van der Waals surface area contributed by atoms with Gasteiger partial charge in [0.25, 0.3) is 0 Å². The molecule has 0 unspecified atom stereocenters. The van der Waals surface area contributed by atoms with Crippen LogP contribution < -0.4 is 10.6 Å². The van der Waals surface area contributed by atoms with E-state index in [1.807, 2.05) is 41.2 Å². The standard InChI is InChI=1S/C20H21N7/c1-14(2)27-13-23-17-18(22-11-15-7-4-3-5-8-15)25-20(26-19(17)27)24-16-9-6-10-21-12-16/h3-10,12-14H,11H2,1-2H3,(H2,22,24,25,26). The van der Waals surface area contributed by atoms with Gasteiger partial charge in [-0.2, -0.15) is 9.97 Å². The summed E-state index contributed by atoms with van der Waals surface area (Å²) in [6.07, 6.45) is 5.28. The van der Waals surface area contributed by atoms with Crippen LogP contribution in [-0.2, 0) is 6.54 Å². The summed E-state index contributed by atoms with van der Waals surface area (Å²) >= 11 is 0. The number of nitrogens with zero attached hydrogens (tertiary/aromatic N) is 5. The van der Waals surface area contributed by atoms with Crippen LogP contribution in [0.4, 0.5) is 17.5 Å². The molecule has 3 heterocycles. The van der Waals surface area contributed by atoms with E-state index in [4.69, 9.17) is 0 Å². The maximum Gasteiger partial charge on any atom is 0.231 e. The summed E-state index contributed by atoms with van der Waals surface area (Å²) in [5.74, 6) is 1.21. The Morgan fingerprint density at radius 2 is 1.89 bits per heavy atom. The van der Waals surface area contributed by atoms with E-state index < -0.39 is 0 Å². The van der Waals surface area contributed by atoms with Crippen LogP contribution in [0.2, 0.25) is 0 Å². The average Bonchev–Trinajstić information content (AvgIpc) is 3.12. The van der Waals surface area contributed by atoms with Gasteiger partial charge in [0.15, 0.2) is 17.0 Å². The lowest BCUT2D eigenvalue weighted by Gasteiger charge is -2.12. The van der Waals surface area contributed by atoms with Crippen LogP contribution in [0.5, 0.6) is 0 Å². The number of rotatable bonds is 6. The number of imidazole rings is 1. The van der Waals surface area contributed by atoms with E-state index in [1.165, 1.54) is 5.56 Å². The predicted octanol–water partition coefficient (Wildman–Crippen LogP) is 4.16. The van der Waals surface area contributed by atoms with Crippen molar-refractivity contribution in [2.45, 2.75) is 26.4 Å². The molecular weight excluding hydrogens is 338 g/mol. The predicted molar refractivity (Wildman–Crippen MR) is 107 cm³/mol. The van der Waals surface area contributed by atoms with Crippen LogP contribution in [0, 0.1) is 0 Å². The lowest BCUT2D eigenvalue weighted by atomic mass is 10.2. The van der Waals surface area contributed by atoms with Crippen molar-refractivity contribution in [2.24, 2.45) is 0 Å². The van der Waals surface area contributed by atoms with Crippen molar-refractivity contribution in [1.29, 1.82) is 0 Å². The second-order valence-corrected chi connectivity index (χ2v) is 6.52. The van der Waals surface area contributed by atoms with E-state index in [2.05, 4.69) is 56.5 Å². The topological polar surface area (TPSA) is 80.5 Å². The third-order valence-corrected chi connectivity index (χ3v) is 4.20. The monoisotopic (exact) mass is 359 g/mol. The highest BCUT2D eigenvalue weighted by Crippen LogP contribution is 2.25. The molecule has 0 aliphatic carbocycles. The van der Waals surface area contributed by atoms with Gasteiger partial charge in [0.1, 0.15) is 0 Å². The van der Waals surface area contributed by atoms with E-state index in [0.717, 1.165) is 16.9 Å².